The van der Waals surface area contributed by atoms with Gasteiger partial charge in [-0.05, 0) is 63.1 Å². The van der Waals surface area contributed by atoms with Gasteiger partial charge in [-0.25, -0.2) is 8.42 Å². The monoisotopic (exact) mass is 589 g/mol. The van der Waals surface area contributed by atoms with E-state index in [1.54, 1.807) is 56.3 Å². The number of sulfonamides is 1. The molecule has 0 aliphatic heterocycles. The third-order valence-corrected chi connectivity index (χ3v) is 9.01. The number of nitrogens with zero attached hydrogens (tertiary/aromatic N) is 2. The topological polar surface area (TPSA) is 86.8 Å². The second-order valence-corrected chi connectivity index (χ2v) is 12.1. The lowest BCUT2D eigenvalue weighted by atomic mass is 10.1. The Morgan fingerprint density at radius 2 is 1.51 bits per heavy atom. The first-order valence-corrected chi connectivity index (χ1v) is 14.7. The van der Waals surface area contributed by atoms with E-state index >= 15 is 0 Å². The third kappa shape index (κ3) is 6.93. The van der Waals surface area contributed by atoms with E-state index in [0.717, 1.165) is 15.4 Å². The molecule has 0 spiro atoms. The molecule has 3 aromatic carbocycles. The first kappa shape index (κ1) is 30.5. The van der Waals surface area contributed by atoms with Crippen LogP contribution >= 0.6 is 23.2 Å². The number of anilines is 1. The predicted molar refractivity (Wildman–Crippen MR) is 157 cm³/mol. The smallest absolute Gasteiger partial charge is 0.264 e. The zero-order valence-corrected chi connectivity index (χ0v) is 25.0. The summed E-state index contributed by atoms with van der Waals surface area (Å²) in [6.07, 6.45) is 0.293. The first-order chi connectivity index (χ1) is 18.4. The summed E-state index contributed by atoms with van der Waals surface area (Å²) in [5.41, 5.74) is 3.39. The predicted octanol–water partition coefficient (Wildman–Crippen LogP) is 5.67. The van der Waals surface area contributed by atoms with Crippen LogP contribution in [0.4, 0.5) is 5.69 Å². The van der Waals surface area contributed by atoms with Crippen LogP contribution < -0.4 is 9.62 Å². The molecular weight excluding hydrogens is 557 g/mol. The minimum absolute atomic E-state index is 0.0555. The molecule has 0 fully saturated rings. The highest BCUT2D eigenvalue weighted by molar-refractivity contribution is 7.92. The van der Waals surface area contributed by atoms with Gasteiger partial charge >= 0.3 is 0 Å². The fourth-order valence-electron chi connectivity index (χ4n) is 4.38. The Morgan fingerprint density at radius 1 is 0.923 bits per heavy atom. The van der Waals surface area contributed by atoms with Crippen molar-refractivity contribution in [3.63, 3.8) is 0 Å². The van der Waals surface area contributed by atoms with E-state index in [2.05, 4.69) is 5.32 Å². The van der Waals surface area contributed by atoms with Gasteiger partial charge in [0, 0.05) is 29.2 Å². The molecule has 1 unspecified atom stereocenters. The Kier molecular flexibility index (Phi) is 10.0. The molecule has 0 aliphatic carbocycles. The van der Waals surface area contributed by atoms with Crippen LogP contribution in [0.2, 0.25) is 10.0 Å². The lowest BCUT2D eigenvalue weighted by molar-refractivity contribution is -0.140. The SMILES string of the molecule is CCC(C(=O)NC)N(Cc1c(Cl)cccc1Cl)C(=O)CN(c1ccc(C)cc1C)S(=O)(=O)c1ccc(C)cc1. The van der Waals surface area contributed by atoms with Gasteiger partial charge in [0.1, 0.15) is 12.6 Å². The summed E-state index contributed by atoms with van der Waals surface area (Å²) in [4.78, 5) is 28.3. The second-order valence-electron chi connectivity index (χ2n) is 9.37. The quantitative estimate of drug-likeness (QED) is 0.330. The number of carbonyl (C=O) groups excluding carboxylic acids is 2. The van der Waals surface area contributed by atoms with Gasteiger partial charge in [-0.1, -0.05) is 71.6 Å². The number of aryl methyl sites for hydroxylation is 3. The highest BCUT2D eigenvalue weighted by atomic mass is 35.5. The van der Waals surface area contributed by atoms with Gasteiger partial charge in [-0.15, -0.1) is 0 Å². The number of rotatable bonds is 10. The largest absolute Gasteiger partial charge is 0.357 e. The van der Waals surface area contributed by atoms with Crippen LogP contribution in [0, 0.1) is 20.8 Å². The van der Waals surface area contributed by atoms with Gasteiger partial charge in [0.2, 0.25) is 11.8 Å². The maximum absolute atomic E-state index is 14.0. The van der Waals surface area contributed by atoms with Crippen molar-refractivity contribution < 1.29 is 18.0 Å². The van der Waals surface area contributed by atoms with E-state index < -0.39 is 28.5 Å². The number of hydrogen-bond acceptors (Lipinski definition) is 4. The van der Waals surface area contributed by atoms with Crippen LogP contribution in [-0.4, -0.2) is 44.8 Å². The molecule has 0 aliphatic rings. The molecule has 208 valence electrons. The molecule has 1 atom stereocenters. The third-order valence-electron chi connectivity index (χ3n) is 6.53. The number of benzene rings is 3. The molecule has 0 bridgehead atoms. The van der Waals surface area contributed by atoms with Crippen molar-refractivity contribution >= 4 is 50.7 Å². The van der Waals surface area contributed by atoms with E-state index in [9.17, 15) is 18.0 Å². The van der Waals surface area contributed by atoms with Crippen LogP contribution in [0.1, 0.15) is 35.6 Å². The molecule has 0 heterocycles. The molecule has 0 saturated carbocycles. The van der Waals surface area contributed by atoms with E-state index in [4.69, 9.17) is 23.2 Å². The Labute approximate surface area is 240 Å². The van der Waals surface area contributed by atoms with E-state index in [1.165, 1.54) is 24.1 Å². The number of amides is 2. The second kappa shape index (κ2) is 12.9. The number of carbonyl (C=O) groups is 2. The molecule has 0 saturated heterocycles. The molecule has 39 heavy (non-hydrogen) atoms. The minimum Gasteiger partial charge on any atom is -0.357 e. The Balaban J connectivity index is 2.13. The maximum Gasteiger partial charge on any atom is 0.264 e. The van der Waals surface area contributed by atoms with Gasteiger partial charge < -0.3 is 10.2 Å². The molecule has 10 heteroatoms. The highest BCUT2D eigenvalue weighted by Crippen LogP contribution is 2.30. The number of likely N-dealkylation sites (N-methyl/N-ethyl adjacent to an activating group) is 1. The normalized spacial score (nSPS) is 12.1. The van der Waals surface area contributed by atoms with Crippen molar-refractivity contribution in [1.29, 1.82) is 0 Å². The van der Waals surface area contributed by atoms with Gasteiger partial charge in [0.05, 0.1) is 10.6 Å². The maximum atomic E-state index is 14.0. The Morgan fingerprint density at radius 3 is 2.05 bits per heavy atom. The summed E-state index contributed by atoms with van der Waals surface area (Å²) in [5, 5.41) is 3.27. The number of halogens is 2. The standard InChI is InChI=1S/C29H33Cl2N3O4S/c1-6-26(29(36)32-5)33(17-23-24(30)8-7-9-25(23)31)28(35)18-34(27-15-12-20(3)16-21(27)4)39(37,38)22-13-10-19(2)11-14-22/h7-16,26H,6,17-18H2,1-5H3,(H,32,36). The van der Waals surface area contributed by atoms with Gasteiger partial charge in [0.15, 0.2) is 0 Å². The van der Waals surface area contributed by atoms with Crippen molar-refractivity contribution in [3.05, 3.63) is 93.0 Å². The van der Waals surface area contributed by atoms with Crippen LogP contribution in [0.25, 0.3) is 0 Å². The molecular formula is C29H33Cl2N3O4S. The summed E-state index contributed by atoms with van der Waals surface area (Å²) in [6.45, 7) is 6.74. The minimum atomic E-state index is -4.15. The first-order valence-electron chi connectivity index (χ1n) is 12.5. The molecule has 0 aromatic heterocycles. The average molecular weight is 591 g/mol. The highest BCUT2D eigenvalue weighted by Gasteiger charge is 2.34. The Hall–Kier alpha value is -3.07. The number of hydrogen-bond donors (Lipinski definition) is 1. The van der Waals surface area contributed by atoms with Crippen molar-refractivity contribution in [2.75, 3.05) is 17.9 Å². The Bertz CT molecular complexity index is 1440. The van der Waals surface area contributed by atoms with Crippen molar-refractivity contribution in [1.82, 2.24) is 10.2 Å². The summed E-state index contributed by atoms with van der Waals surface area (Å²) in [7, 11) is -2.66. The zero-order valence-electron chi connectivity index (χ0n) is 22.7. The van der Waals surface area contributed by atoms with Crippen LogP contribution in [0.5, 0.6) is 0 Å². The van der Waals surface area contributed by atoms with Gasteiger partial charge in [-0.2, -0.15) is 0 Å². The lowest BCUT2D eigenvalue weighted by Crippen LogP contribution is -2.52. The molecule has 0 radical (unpaired) electrons. The lowest BCUT2D eigenvalue weighted by Gasteiger charge is -2.33. The molecule has 7 nitrogen and oxygen atoms in total. The molecule has 3 rings (SSSR count). The van der Waals surface area contributed by atoms with Crippen molar-refractivity contribution in [3.8, 4) is 0 Å². The summed E-state index contributed by atoms with van der Waals surface area (Å²) >= 11 is 12.8. The van der Waals surface area contributed by atoms with Crippen LogP contribution in [-0.2, 0) is 26.2 Å². The van der Waals surface area contributed by atoms with Crippen LogP contribution in [0.3, 0.4) is 0 Å². The van der Waals surface area contributed by atoms with E-state index in [1.807, 2.05) is 19.9 Å². The molecule has 3 aromatic rings. The average Bonchev–Trinajstić information content (AvgIpc) is 2.89. The number of nitrogens with one attached hydrogen (secondary N) is 1. The van der Waals surface area contributed by atoms with Crippen molar-refractivity contribution in [2.24, 2.45) is 0 Å². The summed E-state index contributed by atoms with van der Waals surface area (Å²) in [5.74, 6) is -0.953. The fourth-order valence-corrected chi connectivity index (χ4v) is 6.37. The van der Waals surface area contributed by atoms with E-state index in [0.29, 0.717) is 33.3 Å². The van der Waals surface area contributed by atoms with Gasteiger partial charge in [0.25, 0.3) is 10.0 Å². The molecule has 2 amide bonds. The summed E-state index contributed by atoms with van der Waals surface area (Å²) < 4.78 is 29.0. The zero-order chi connectivity index (χ0) is 28.9. The van der Waals surface area contributed by atoms with Crippen molar-refractivity contribution in [2.45, 2.75) is 51.6 Å². The molecule has 1 N–H and O–H groups in total. The fraction of sp³-hybridized carbons (Fsp3) is 0.310. The summed E-state index contributed by atoms with van der Waals surface area (Å²) in [6, 6.07) is 15.9. The van der Waals surface area contributed by atoms with Gasteiger partial charge in [-0.3, -0.25) is 13.9 Å². The van der Waals surface area contributed by atoms with Crippen LogP contribution in [0.15, 0.2) is 65.6 Å². The van der Waals surface area contributed by atoms with E-state index in [-0.39, 0.29) is 17.3 Å².